The van der Waals surface area contributed by atoms with E-state index in [-0.39, 0.29) is 0 Å². The van der Waals surface area contributed by atoms with Crippen molar-refractivity contribution in [2.24, 2.45) is 15.9 Å². The number of ether oxygens (including phenoxy) is 1. The molecule has 0 aliphatic heterocycles. The molecule has 0 amide bonds. The highest BCUT2D eigenvalue weighted by molar-refractivity contribution is 9.10. The number of rotatable bonds is 5. The van der Waals surface area contributed by atoms with E-state index in [4.69, 9.17) is 5.73 Å². The number of carbonyl (C=O) groups excluding carboxylic acids is 1. The molecule has 24 heavy (non-hydrogen) atoms. The third kappa shape index (κ3) is 5.50. The summed E-state index contributed by atoms with van der Waals surface area (Å²) in [4.78, 5) is 11.5. The number of halogens is 1. The van der Waals surface area contributed by atoms with Crippen LogP contribution in [0.3, 0.4) is 0 Å². The second kappa shape index (κ2) is 9.24. The summed E-state index contributed by atoms with van der Waals surface area (Å²) in [6, 6.07) is 15.2. The fourth-order valence-electron chi connectivity index (χ4n) is 1.80. The van der Waals surface area contributed by atoms with Crippen molar-refractivity contribution in [1.82, 2.24) is 0 Å². The summed E-state index contributed by atoms with van der Waals surface area (Å²) in [5, 5.41) is 8.32. The van der Waals surface area contributed by atoms with E-state index in [1.54, 1.807) is 24.4 Å². The lowest BCUT2D eigenvalue weighted by atomic mass is 10.1. The van der Waals surface area contributed by atoms with Crippen LogP contribution < -0.4 is 5.73 Å². The molecule has 2 N–H and O–H groups in total. The molecule has 2 aromatic carbocycles. The van der Waals surface area contributed by atoms with Crippen LogP contribution in [-0.4, -0.2) is 24.5 Å². The van der Waals surface area contributed by atoms with Crippen LogP contribution in [0.25, 0.3) is 0 Å². The average molecular weight is 406 g/mol. The van der Waals surface area contributed by atoms with Crippen molar-refractivity contribution in [1.29, 1.82) is 0 Å². The minimum Gasteiger partial charge on any atom is -0.465 e. The van der Waals surface area contributed by atoms with Gasteiger partial charge in [0.1, 0.15) is 0 Å². The van der Waals surface area contributed by atoms with Gasteiger partial charge in [0.2, 0.25) is 0 Å². The first-order valence-electron chi connectivity index (χ1n) is 7.01. The summed E-state index contributed by atoms with van der Waals surface area (Å²) in [6.07, 6.45) is 1.57. The fourth-order valence-corrected chi connectivity index (χ4v) is 2.97. The monoisotopic (exact) mass is 405 g/mol. The number of hydrogen-bond acceptors (Lipinski definition) is 5. The lowest BCUT2D eigenvalue weighted by Crippen LogP contribution is -2.06. The normalized spacial score (nSPS) is 11.7. The van der Waals surface area contributed by atoms with Gasteiger partial charge in [0.15, 0.2) is 5.17 Å². The van der Waals surface area contributed by atoms with Gasteiger partial charge >= 0.3 is 5.97 Å². The highest BCUT2D eigenvalue weighted by Crippen LogP contribution is 2.19. The van der Waals surface area contributed by atoms with E-state index in [2.05, 4.69) is 30.9 Å². The minimum atomic E-state index is -0.398. The van der Waals surface area contributed by atoms with Gasteiger partial charge in [-0.15, -0.1) is 5.10 Å². The van der Waals surface area contributed by atoms with Crippen molar-refractivity contribution in [2.75, 3.05) is 7.11 Å². The summed E-state index contributed by atoms with van der Waals surface area (Å²) in [7, 11) is 1.34. The Morgan fingerprint density at radius 3 is 2.71 bits per heavy atom. The summed E-state index contributed by atoms with van der Waals surface area (Å²) in [6.45, 7) is 0. The van der Waals surface area contributed by atoms with Crippen molar-refractivity contribution >= 4 is 45.0 Å². The largest absolute Gasteiger partial charge is 0.465 e. The highest BCUT2D eigenvalue weighted by Gasteiger charge is 2.09. The smallest absolute Gasteiger partial charge is 0.339 e. The van der Waals surface area contributed by atoms with E-state index in [0.29, 0.717) is 15.2 Å². The molecule has 2 rings (SSSR count). The summed E-state index contributed by atoms with van der Waals surface area (Å²) >= 11 is 4.75. The molecule has 0 unspecified atom stereocenters. The molecule has 0 saturated carbocycles. The molecule has 0 spiro atoms. The summed E-state index contributed by atoms with van der Waals surface area (Å²) in [5.74, 6) is 0.343. The molecule has 0 aliphatic carbocycles. The van der Waals surface area contributed by atoms with Crippen molar-refractivity contribution in [3.8, 4) is 0 Å². The van der Waals surface area contributed by atoms with Gasteiger partial charge < -0.3 is 10.5 Å². The summed E-state index contributed by atoms with van der Waals surface area (Å²) in [5.41, 5.74) is 8.24. The van der Waals surface area contributed by atoms with Gasteiger partial charge in [-0.2, -0.15) is 5.10 Å². The topological polar surface area (TPSA) is 77.0 Å². The van der Waals surface area contributed by atoms with Gasteiger partial charge in [-0.1, -0.05) is 48.2 Å². The molecule has 0 atom stereocenters. The molecule has 124 valence electrons. The van der Waals surface area contributed by atoms with Gasteiger partial charge in [0.05, 0.1) is 18.9 Å². The number of benzene rings is 2. The second-order valence-corrected chi connectivity index (χ2v) is 6.54. The van der Waals surface area contributed by atoms with Crippen LogP contribution in [-0.2, 0) is 10.5 Å². The first-order valence-corrected chi connectivity index (χ1v) is 8.79. The Hall–Kier alpha value is -2.12. The number of hydrogen-bond donors (Lipinski definition) is 1. The van der Waals surface area contributed by atoms with E-state index in [0.717, 1.165) is 11.3 Å². The lowest BCUT2D eigenvalue weighted by molar-refractivity contribution is 0.0599. The third-order valence-electron chi connectivity index (χ3n) is 2.99. The number of nitrogens with two attached hydrogens (primary N) is 1. The summed E-state index contributed by atoms with van der Waals surface area (Å²) < 4.78 is 5.32. The van der Waals surface area contributed by atoms with E-state index in [1.165, 1.54) is 24.4 Å². The number of methoxy groups -OCH3 is 1. The van der Waals surface area contributed by atoms with Crippen molar-refractivity contribution < 1.29 is 9.53 Å². The zero-order valence-corrected chi connectivity index (χ0v) is 15.4. The number of nitrogens with zero attached hydrogens (tertiary/aromatic N) is 2. The van der Waals surface area contributed by atoms with Crippen molar-refractivity contribution in [3.05, 3.63) is 69.7 Å². The Labute approximate surface area is 153 Å². The Balaban J connectivity index is 1.95. The number of carbonyl (C=O) groups is 1. The average Bonchev–Trinajstić information content (AvgIpc) is 2.60. The first-order chi connectivity index (χ1) is 11.6. The maximum Gasteiger partial charge on any atom is 0.339 e. The zero-order valence-electron chi connectivity index (χ0n) is 13.0. The van der Waals surface area contributed by atoms with E-state index in [1.807, 2.05) is 30.3 Å². The second-order valence-electron chi connectivity index (χ2n) is 4.69. The van der Waals surface area contributed by atoms with Crippen molar-refractivity contribution in [3.63, 3.8) is 0 Å². The maximum absolute atomic E-state index is 11.5. The third-order valence-corrected chi connectivity index (χ3v) is 4.50. The standard InChI is InChI=1S/C17H16BrN3O2S/c1-23-16(22)14-8-7-13(9-15(14)18)10-20-21-17(19)24-11-12-5-3-2-4-6-12/h2-10H,11H2,1H3,(H2,19,21). The quantitative estimate of drug-likeness (QED) is 0.355. The molecule has 5 nitrogen and oxygen atoms in total. The Bertz CT molecular complexity index is 764. The Kier molecular flexibility index (Phi) is 7.02. The van der Waals surface area contributed by atoms with E-state index < -0.39 is 5.97 Å². The van der Waals surface area contributed by atoms with Crippen LogP contribution in [0.5, 0.6) is 0 Å². The van der Waals surface area contributed by atoms with Crippen LogP contribution in [0.1, 0.15) is 21.5 Å². The van der Waals surface area contributed by atoms with Gasteiger partial charge in [0.25, 0.3) is 0 Å². The molecule has 0 saturated heterocycles. The Morgan fingerprint density at radius 1 is 1.29 bits per heavy atom. The molecule has 2 aromatic rings. The molecule has 0 bridgehead atoms. The maximum atomic E-state index is 11.5. The minimum absolute atomic E-state index is 0.389. The van der Waals surface area contributed by atoms with Crippen LogP contribution in [0.2, 0.25) is 0 Å². The first kappa shape index (κ1) is 18.2. The molecule has 0 aliphatic rings. The van der Waals surface area contributed by atoms with Crippen LogP contribution in [0, 0.1) is 0 Å². The number of thioether (sulfide) groups is 1. The number of esters is 1. The van der Waals surface area contributed by atoms with Crippen molar-refractivity contribution in [2.45, 2.75) is 5.75 Å². The molecular formula is C17H16BrN3O2S. The predicted octanol–water partition coefficient (Wildman–Crippen LogP) is 3.82. The molecular weight excluding hydrogens is 390 g/mol. The fraction of sp³-hybridized carbons (Fsp3) is 0.118. The van der Waals surface area contributed by atoms with Crippen LogP contribution in [0.15, 0.2) is 63.2 Å². The zero-order chi connectivity index (χ0) is 17.4. The SMILES string of the molecule is COC(=O)c1ccc(C=NN=C(N)SCc2ccccc2)cc1Br. The molecule has 0 radical (unpaired) electrons. The molecule has 0 aromatic heterocycles. The van der Waals surface area contributed by atoms with E-state index >= 15 is 0 Å². The number of amidine groups is 1. The van der Waals surface area contributed by atoms with E-state index in [9.17, 15) is 4.79 Å². The highest BCUT2D eigenvalue weighted by atomic mass is 79.9. The van der Waals surface area contributed by atoms with Crippen LogP contribution >= 0.6 is 27.7 Å². The Morgan fingerprint density at radius 2 is 2.04 bits per heavy atom. The molecule has 0 fully saturated rings. The molecule has 7 heteroatoms. The predicted molar refractivity (Wildman–Crippen MR) is 102 cm³/mol. The lowest BCUT2D eigenvalue weighted by Gasteiger charge is -2.02. The molecule has 0 heterocycles. The van der Waals surface area contributed by atoms with Gasteiger partial charge in [-0.05, 0) is 39.2 Å². The van der Waals surface area contributed by atoms with Gasteiger partial charge in [-0.3, -0.25) is 0 Å². The van der Waals surface area contributed by atoms with Gasteiger partial charge in [-0.25, -0.2) is 4.79 Å². The van der Waals surface area contributed by atoms with Crippen LogP contribution in [0.4, 0.5) is 0 Å². The van der Waals surface area contributed by atoms with Gasteiger partial charge in [0, 0.05) is 10.2 Å².